The Kier molecular flexibility index (Phi) is 5.59. The van der Waals surface area contributed by atoms with Gasteiger partial charge in [-0.1, -0.05) is 30.3 Å². The molecular formula is C24H29FN2O2. The fourth-order valence-corrected chi connectivity index (χ4v) is 4.62. The molecule has 1 saturated carbocycles. The maximum Gasteiger partial charge on any atom is 0.227 e. The van der Waals surface area contributed by atoms with Gasteiger partial charge < -0.3 is 14.5 Å². The van der Waals surface area contributed by atoms with E-state index in [1.807, 2.05) is 29.2 Å². The minimum absolute atomic E-state index is 0.0185. The van der Waals surface area contributed by atoms with Gasteiger partial charge in [-0.05, 0) is 63.5 Å². The van der Waals surface area contributed by atoms with E-state index in [2.05, 4.69) is 19.0 Å². The van der Waals surface area contributed by atoms with Gasteiger partial charge in [-0.15, -0.1) is 0 Å². The van der Waals surface area contributed by atoms with Gasteiger partial charge in [0.1, 0.15) is 17.2 Å². The van der Waals surface area contributed by atoms with Gasteiger partial charge >= 0.3 is 0 Å². The van der Waals surface area contributed by atoms with Crippen LogP contribution in [-0.4, -0.2) is 48.0 Å². The van der Waals surface area contributed by atoms with Crippen molar-refractivity contribution >= 4 is 5.91 Å². The summed E-state index contributed by atoms with van der Waals surface area (Å²) < 4.78 is 20.2. The van der Waals surface area contributed by atoms with E-state index in [1.54, 1.807) is 12.1 Å². The second kappa shape index (κ2) is 8.15. The third kappa shape index (κ3) is 4.45. The van der Waals surface area contributed by atoms with E-state index in [-0.39, 0.29) is 23.7 Å². The Labute approximate surface area is 172 Å². The minimum atomic E-state index is -0.350. The Bertz CT molecular complexity index is 875. The molecule has 0 bridgehead atoms. The van der Waals surface area contributed by atoms with E-state index in [1.165, 1.54) is 12.1 Å². The Balaban J connectivity index is 1.58. The predicted octanol–water partition coefficient (Wildman–Crippen LogP) is 4.03. The number of ether oxygens (including phenoxy) is 1. The molecule has 1 aliphatic carbocycles. The van der Waals surface area contributed by atoms with Crippen LogP contribution in [0.25, 0.3) is 0 Å². The van der Waals surface area contributed by atoms with Gasteiger partial charge in [-0.25, -0.2) is 4.39 Å². The molecule has 0 unspecified atom stereocenters. The molecule has 4 rings (SSSR count). The fraction of sp³-hybridized carbons (Fsp3) is 0.458. The van der Waals surface area contributed by atoms with Crippen molar-refractivity contribution in [1.82, 2.24) is 9.80 Å². The number of carbonyl (C=O) groups excluding carboxylic acids is 1. The lowest BCUT2D eigenvalue weighted by Crippen LogP contribution is -2.51. The zero-order valence-corrected chi connectivity index (χ0v) is 17.2. The lowest BCUT2D eigenvalue weighted by Gasteiger charge is -2.43. The maximum absolute atomic E-state index is 13.6. The molecule has 0 aromatic heterocycles. The van der Waals surface area contributed by atoms with Crippen LogP contribution in [0.5, 0.6) is 5.75 Å². The van der Waals surface area contributed by atoms with Crippen LogP contribution in [0.3, 0.4) is 0 Å². The summed E-state index contributed by atoms with van der Waals surface area (Å²) in [5, 5.41) is 0. The van der Waals surface area contributed by atoms with Crippen LogP contribution in [0.1, 0.15) is 36.8 Å². The number of para-hydroxylation sites is 1. The largest absolute Gasteiger partial charge is 0.485 e. The molecule has 1 spiro atoms. The molecule has 2 aromatic carbocycles. The van der Waals surface area contributed by atoms with Crippen molar-refractivity contribution in [2.75, 3.05) is 20.6 Å². The van der Waals surface area contributed by atoms with Crippen LogP contribution >= 0.6 is 0 Å². The fourth-order valence-electron chi connectivity index (χ4n) is 4.62. The zero-order chi connectivity index (χ0) is 20.4. The number of nitrogens with zero attached hydrogens (tertiary/aromatic N) is 2. The third-order valence-corrected chi connectivity index (χ3v) is 6.33. The second-order valence-electron chi connectivity index (χ2n) is 8.64. The van der Waals surface area contributed by atoms with Crippen LogP contribution in [0.15, 0.2) is 48.5 Å². The van der Waals surface area contributed by atoms with Gasteiger partial charge in [0.05, 0.1) is 13.0 Å². The molecule has 1 heterocycles. The third-order valence-electron chi connectivity index (χ3n) is 6.33. The van der Waals surface area contributed by atoms with E-state index in [9.17, 15) is 9.18 Å². The number of fused-ring (bicyclic) bond motifs is 1. The quantitative estimate of drug-likeness (QED) is 0.785. The highest BCUT2D eigenvalue weighted by Crippen LogP contribution is 2.39. The molecule has 0 N–H and O–H groups in total. The van der Waals surface area contributed by atoms with E-state index < -0.39 is 0 Å². The monoisotopic (exact) mass is 396 g/mol. The Morgan fingerprint density at radius 1 is 1.17 bits per heavy atom. The molecule has 4 nitrogen and oxygen atoms in total. The summed E-state index contributed by atoms with van der Waals surface area (Å²) in [6, 6.07) is 14.9. The lowest BCUT2D eigenvalue weighted by molar-refractivity contribution is -0.134. The van der Waals surface area contributed by atoms with Crippen LogP contribution in [-0.2, 0) is 17.8 Å². The average Bonchev–Trinajstić information content (AvgIpc) is 2.85. The normalized spacial score (nSPS) is 24.1. The maximum atomic E-state index is 13.6. The molecule has 154 valence electrons. The van der Waals surface area contributed by atoms with E-state index >= 15 is 0 Å². The number of carbonyl (C=O) groups is 1. The summed E-state index contributed by atoms with van der Waals surface area (Å²) in [6.45, 7) is 1.11. The number of hydrogen-bond acceptors (Lipinski definition) is 3. The number of rotatable bonds is 3. The van der Waals surface area contributed by atoms with Crippen LogP contribution in [0.4, 0.5) is 4.39 Å². The van der Waals surface area contributed by atoms with Gasteiger partial charge in [0.15, 0.2) is 0 Å². The van der Waals surface area contributed by atoms with E-state index in [4.69, 9.17) is 4.74 Å². The van der Waals surface area contributed by atoms with Gasteiger partial charge in [0, 0.05) is 18.2 Å². The highest BCUT2D eigenvalue weighted by atomic mass is 19.1. The van der Waals surface area contributed by atoms with Gasteiger partial charge in [0.2, 0.25) is 5.91 Å². The molecule has 0 atom stereocenters. The summed E-state index contributed by atoms with van der Waals surface area (Å²) in [4.78, 5) is 17.4. The van der Waals surface area contributed by atoms with Crippen molar-refractivity contribution in [2.45, 2.75) is 50.3 Å². The number of halogens is 1. The summed E-state index contributed by atoms with van der Waals surface area (Å²) in [6.07, 6.45) is 4.17. The molecule has 0 radical (unpaired) electrons. The van der Waals surface area contributed by atoms with Gasteiger partial charge in [-0.2, -0.15) is 0 Å². The van der Waals surface area contributed by atoms with Crippen LogP contribution in [0.2, 0.25) is 0 Å². The Hall–Kier alpha value is -2.40. The standard InChI is InChI=1S/C24H29FN2O2/c1-26(2)21-10-12-24(13-11-21)17-27(16-19-7-3-4-9-22(19)29-24)23(28)15-18-6-5-8-20(25)14-18/h3-9,14,21H,10-13,15-17H2,1-2H3. The molecule has 2 aliphatic rings. The number of amides is 1. The molecule has 1 aliphatic heterocycles. The summed E-state index contributed by atoms with van der Waals surface area (Å²) in [5.41, 5.74) is 1.39. The molecule has 1 amide bonds. The van der Waals surface area contributed by atoms with Crippen molar-refractivity contribution < 1.29 is 13.9 Å². The summed E-state index contributed by atoms with van der Waals surface area (Å²) >= 11 is 0. The lowest BCUT2D eigenvalue weighted by atomic mass is 9.81. The smallest absolute Gasteiger partial charge is 0.227 e. The summed E-state index contributed by atoms with van der Waals surface area (Å²) in [7, 11) is 4.25. The van der Waals surface area contributed by atoms with Crippen molar-refractivity contribution in [2.24, 2.45) is 0 Å². The van der Waals surface area contributed by atoms with E-state index in [0.717, 1.165) is 37.0 Å². The molecule has 29 heavy (non-hydrogen) atoms. The molecule has 2 aromatic rings. The number of benzene rings is 2. The highest BCUT2D eigenvalue weighted by Gasteiger charge is 2.42. The first kappa shape index (κ1) is 19.9. The number of hydrogen-bond donors (Lipinski definition) is 0. The SMILES string of the molecule is CN(C)C1CCC2(CC1)CN(C(=O)Cc1cccc(F)c1)Cc1ccccc1O2. The molecule has 5 heteroatoms. The average molecular weight is 397 g/mol. The zero-order valence-electron chi connectivity index (χ0n) is 17.2. The van der Waals surface area contributed by atoms with Crippen molar-refractivity contribution in [3.05, 3.63) is 65.5 Å². The van der Waals surface area contributed by atoms with Crippen molar-refractivity contribution in [3.63, 3.8) is 0 Å². The molecular weight excluding hydrogens is 367 g/mol. The van der Waals surface area contributed by atoms with Gasteiger partial charge in [0.25, 0.3) is 0 Å². The molecule has 1 fully saturated rings. The first-order valence-corrected chi connectivity index (χ1v) is 10.4. The molecule has 0 saturated heterocycles. The highest BCUT2D eigenvalue weighted by molar-refractivity contribution is 5.79. The summed E-state index contributed by atoms with van der Waals surface area (Å²) in [5.74, 6) is 0.597. The topological polar surface area (TPSA) is 32.8 Å². The second-order valence-corrected chi connectivity index (χ2v) is 8.64. The Morgan fingerprint density at radius 3 is 2.66 bits per heavy atom. The van der Waals surface area contributed by atoms with Crippen molar-refractivity contribution in [1.29, 1.82) is 0 Å². The minimum Gasteiger partial charge on any atom is -0.485 e. The van der Waals surface area contributed by atoms with Crippen molar-refractivity contribution in [3.8, 4) is 5.75 Å². The van der Waals surface area contributed by atoms with Crippen LogP contribution in [0, 0.1) is 5.82 Å². The first-order valence-electron chi connectivity index (χ1n) is 10.4. The van der Waals surface area contributed by atoms with E-state index in [0.29, 0.717) is 24.7 Å². The first-order chi connectivity index (χ1) is 13.9. The van der Waals surface area contributed by atoms with Crippen LogP contribution < -0.4 is 4.74 Å². The van der Waals surface area contributed by atoms with Gasteiger partial charge in [-0.3, -0.25) is 4.79 Å². The Morgan fingerprint density at radius 2 is 1.93 bits per heavy atom. The predicted molar refractivity (Wildman–Crippen MR) is 111 cm³/mol.